The van der Waals surface area contributed by atoms with E-state index >= 15 is 0 Å². The minimum absolute atomic E-state index is 0.381. The van der Waals surface area contributed by atoms with Gasteiger partial charge in [0.1, 0.15) is 5.75 Å². The van der Waals surface area contributed by atoms with Gasteiger partial charge in [0.25, 0.3) is 0 Å². The molecule has 0 spiro atoms. The van der Waals surface area contributed by atoms with E-state index in [1.807, 2.05) is 18.2 Å². The third-order valence-electron chi connectivity index (χ3n) is 3.03. The highest BCUT2D eigenvalue weighted by atomic mass is 79.9. The minimum Gasteiger partial charge on any atom is -0.495 e. The Balaban J connectivity index is 2.12. The van der Waals surface area contributed by atoms with Gasteiger partial charge in [0, 0.05) is 17.5 Å². The molecule has 0 aromatic heterocycles. The number of hydrogen-bond acceptors (Lipinski definition) is 4. The van der Waals surface area contributed by atoms with Gasteiger partial charge in [0.05, 0.1) is 17.6 Å². The molecule has 0 saturated heterocycles. The van der Waals surface area contributed by atoms with Crippen molar-refractivity contribution in [3.05, 3.63) is 22.7 Å². The van der Waals surface area contributed by atoms with Crippen molar-refractivity contribution in [1.29, 1.82) is 0 Å². The Morgan fingerprint density at radius 3 is 2.89 bits per heavy atom. The Bertz CT molecular complexity index is 464. The van der Waals surface area contributed by atoms with Crippen LogP contribution >= 0.6 is 27.7 Å². The smallest absolute Gasteiger partial charge is 0.161 e. The summed E-state index contributed by atoms with van der Waals surface area (Å²) < 4.78 is 6.23. The topological polar surface area (TPSA) is 33.6 Å². The van der Waals surface area contributed by atoms with Gasteiger partial charge in [-0.05, 0) is 40.9 Å². The van der Waals surface area contributed by atoms with Crippen LogP contribution in [0, 0.1) is 5.92 Å². The maximum absolute atomic E-state index is 5.28. The predicted molar refractivity (Wildman–Crippen MR) is 82.8 cm³/mol. The van der Waals surface area contributed by atoms with Crippen molar-refractivity contribution in [3.63, 3.8) is 0 Å². The van der Waals surface area contributed by atoms with Crippen molar-refractivity contribution >= 4 is 38.5 Å². The van der Waals surface area contributed by atoms with E-state index < -0.39 is 0 Å². The van der Waals surface area contributed by atoms with Crippen molar-refractivity contribution in [2.45, 2.75) is 19.9 Å². The molecule has 1 aromatic rings. The van der Waals surface area contributed by atoms with Crippen LogP contribution in [0.5, 0.6) is 5.75 Å². The summed E-state index contributed by atoms with van der Waals surface area (Å²) in [4.78, 5) is 4.65. The third-order valence-corrected chi connectivity index (χ3v) is 4.86. The molecule has 0 radical (unpaired) electrons. The second-order valence-corrected chi connectivity index (χ2v) is 6.30. The van der Waals surface area contributed by atoms with Crippen LogP contribution in [0.2, 0.25) is 0 Å². The molecule has 1 heterocycles. The predicted octanol–water partition coefficient (Wildman–Crippen LogP) is 4.00. The molecular formula is C13H17BrN2OS. The highest BCUT2D eigenvalue weighted by Gasteiger charge is 2.19. The molecule has 0 saturated carbocycles. The molecule has 1 aromatic carbocycles. The van der Waals surface area contributed by atoms with Crippen molar-refractivity contribution < 1.29 is 4.74 Å². The summed E-state index contributed by atoms with van der Waals surface area (Å²) in [6, 6.07) is 6.33. The molecule has 0 amide bonds. The van der Waals surface area contributed by atoms with E-state index in [1.54, 1.807) is 18.9 Å². The Hall–Kier alpha value is -0.680. The van der Waals surface area contributed by atoms with E-state index in [9.17, 15) is 0 Å². The lowest BCUT2D eigenvalue weighted by Gasteiger charge is -2.23. The normalized spacial score (nSPS) is 23.4. The van der Waals surface area contributed by atoms with E-state index in [1.165, 1.54) is 0 Å². The fourth-order valence-electron chi connectivity index (χ4n) is 1.63. The van der Waals surface area contributed by atoms with Gasteiger partial charge < -0.3 is 10.1 Å². The summed E-state index contributed by atoms with van der Waals surface area (Å²) >= 11 is 5.22. The lowest BCUT2D eigenvalue weighted by molar-refractivity contribution is 0.412. The van der Waals surface area contributed by atoms with Crippen LogP contribution in [0.15, 0.2) is 27.7 Å². The number of anilines is 1. The largest absolute Gasteiger partial charge is 0.495 e. The summed E-state index contributed by atoms with van der Waals surface area (Å²) in [7, 11) is 1.67. The summed E-state index contributed by atoms with van der Waals surface area (Å²) in [6.07, 6.45) is 0. The molecule has 1 aliphatic rings. The Labute approximate surface area is 121 Å². The first kappa shape index (κ1) is 13.7. The second kappa shape index (κ2) is 5.97. The first-order valence-electron chi connectivity index (χ1n) is 5.91. The molecule has 2 rings (SSSR count). The third kappa shape index (κ3) is 3.20. The summed E-state index contributed by atoms with van der Waals surface area (Å²) in [5.74, 6) is 2.57. The van der Waals surface area contributed by atoms with Gasteiger partial charge in [-0.3, -0.25) is 4.99 Å². The number of methoxy groups -OCH3 is 1. The van der Waals surface area contributed by atoms with Gasteiger partial charge in [-0.1, -0.05) is 18.7 Å². The molecule has 0 aliphatic carbocycles. The molecular weight excluding hydrogens is 312 g/mol. The molecule has 5 heteroatoms. The van der Waals surface area contributed by atoms with Gasteiger partial charge in [0.2, 0.25) is 0 Å². The molecule has 0 bridgehead atoms. The molecule has 3 nitrogen and oxygen atoms in total. The number of amidine groups is 1. The number of hydrogen-bond donors (Lipinski definition) is 1. The van der Waals surface area contributed by atoms with Gasteiger partial charge >= 0.3 is 0 Å². The zero-order chi connectivity index (χ0) is 13.1. The van der Waals surface area contributed by atoms with Crippen LogP contribution in [0.1, 0.15) is 13.8 Å². The van der Waals surface area contributed by atoms with E-state index in [0.717, 1.165) is 26.8 Å². The molecule has 2 unspecified atom stereocenters. The average molecular weight is 329 g/mol. The summed E-state index contributed by atoms with van der Waals surface area (Å²) in [6.45, 7) is 4.40. The zero-order valence-corrected chi connectivity index (χ0v) is 13.1. The Kier molecular flexibility index (Phi) is 4.56. The van der Waals surface area contributed by atoms with Crippen molar-refractivity contribution in [3.8, 4) is 5.75 Å². The molecule has 98 valence electrons. The molecule has 1 N–H and O–H groups in total. The quantitative estimate of drug-likeness (QED) is 0.890. The van der Waals surface area contributed by atoms with Gasteiger partial charge in [-0.2, -0.15) is 0 Å². The van der Waals surface area contributed by atoms with E-state index in [4.69, 9.17) is 4.74 Å². The number of thioether (sulfide) groups is 1. The lowest BCUT2D eigenvalue weighted by Crippen LogP contribution is -2.25. The number of benzene rings is 1. The SMILES string of the molecule is COc1cc(NC2=NC(C)C(C)CS2)ccc1Br. The number of nitrogens with one attached hydrogen (secondary N) is 1. The Morgan fingerprint density at radius 1 is 1.44 bits per heavy atom. The lowest BCUT2D eigenvalue weighted by atomic mass is 10.1. The van der Waals surface area contributed by atoms with Gasteiger partial charge in [0.15, 0.2) is 5.17 Å². The summed E-state index contributed by atoms with van der Waals surface area (Å²) in [5.41, 5.74) is 1.00. The minimum atomic E-state index is 0.381. The van der Waals surface area contributed by atoms with Crippen LogP contribution in [0.3, 0.4) is 0 Å². The molecule has 1 aliphatic heterocycles. The molecule has 0 fully saturated rings. The maximum atomic E-state index is 5.28. The second-order valence-electron chi connectivity index (χ2n) is 4.44. The molecule has 18 heavy (non-hydrogen) atoms. The van der Waals surface area contributed by atoms with E-state index in [2.05, 4.69) is 40.1 Å². The number of ether oxygens (including phenoxy) is 1. The average Bonchev–Trinajstić information content (AvgIpc) is 2.36. The fraction of sp³-hybridized carbons (Fsp3) is 0.462. The van der Waals surface area contributed by atoms with Crippen LogP contribution in [0.4, 0.5) is 5.69 Å². The number of halogens is 1. The van der Waals surface area contributed by atoms with Crippen LogP contribution < -0.4 is 10.1 Å². The van der Waals surface area contributed by atoms with Crippen molar-refractivity contribution in [2.24, 2.45) is 10.9 Å². The van der Waals surface area contributed by atoms with Crippen LogP contribution in [0.25, 0.3) is 0 Å². The van der Waals surface area contributed by atoms with E-state index in [-0.39, 0.29) is 0 Å². The maximum Gasteiger partial charge on any atom is 0.161 e. The first-order valence-corrected chi connectivity index (χ1v) is 7.69. The standard InChI is InChI=1S/C13H17BrN2OS/c1-8-7-18-13(15-9(8)2)16-10-4-5-11(14)12(6-10)17-3/h4-6,8-9H,7H2,1-3H3,(H,15,16). The van der Waals surface area contributed by atoms with Crippen molar-refractivity contribution in [1.82, 2.24) is 0 Å². The van der Waals surface area contributed by atoms with Crippen molar-refractivity contribution in [2.75, 3.05) is 18.2 Å². The van der Waals surface area contributed by atoms with Gasteiger partial charge in [-0.25, -0.2) is 0 Å². The zero-order valence-electron chi connectivity index (χ0n) is 10.7. The molecule has 2 atom stereocenters. The monoisotopic (exact) mass is 328 g/mol. The Morgan fingerprint density at radius 2 is 2.22 bits per heavy atom. The first-order chi connectivity index (χ1) is 8.60. The summed E-state index contributed by atoms with van der Waals surface area (Å²) in [5, 5.41) is 4.34. The van der Waals surface area contributed by atoms with Crippen LogP contribution in [-0.2, 0) is 0 Å². The number of nitrogens with zero attached hydrogens (tertiary/aromatic N) is 1. The van der Waals surface area contributed by atoms with Crippen LogP contribution in [-0.4, -0.2) is 24.1 Å². The highest BCUT2D eigenvalue weighted by Crippen LogP contribution is 2.29. The number of rotatable bonds is 2. The highest BCUT2D eigenvalue weighted by molar-refractivity contribution is 9.10. The van der Waals surface area contributed by atoms with Gasteiger partial charge in [-0.15, -0.1) is 0 Å². The van der Waals surface area contributed by atoms with E-state index in [0.29, 0.717) is 12.0 Å². The number of aliphatic imine (C=N–C) groups is 1. The fourth-order valence-corrected chi connectivity index (χ4v) is 3.17.